The highest BCUT2D eigenvalue weighted by atomic mass is 31.2. The van der Waals surface area contributed by atoms with Crippen molar-refractivity contribution in [1.82, 2.24) is 9.34 Å². The maximum Gasteiger partial charge on any atom is 0.346 e. The van der Waals surface area contributed by atoms with Crippen LogP contribution < -0.4 is 4.74 Å². The van der Waals surface area contributed by atoms with E-state index in [4.69, 9.17) is 9.26 Å². The largest absolute Gasteiger partial charge is 0.450 e. The molecule has 2 heterocycles. The predicted octanol–water partition coefficient (Wildman–Crippen LogP) is 5.80. The lowest BCUT2D eigenvalue weighted by Gasteiger charge is -2.24. The Labute approximate surface area is 197 Å². The monoisotopic (exact) mass is 477 g/mol. The smallest absolute Gasteiger partial charge is 0.346 e. The molecule has 9 heteroatoms. The zero-order valence-corrected chi connectivity index (χ0v) is 19.4. The summed E-state index contributed by atoms with van der Waals surface area (Å²) in [6.07, 6.45) is 0.922. The number of nitro benzene ring substituents is 1. The highest BCUT2D eigenvalue weighted by Gasteiger charge is 2.51. The van der Waals surface area contributed by atoms with Gasteiger partial charge in [-0.05, 0) is 53.3 Å². The average molecular weight is 477 g/mol. The number of nitrogens with zero attached hydrogens (tertiary/aromatic N) is 3. The van der Waals surface area contributed by atoms with Gasteiger partial charge in [0.15, 0.2) is 0 Å². The van der Waals surface area contributed by atoms with Gasteiger partial charge in [-0.3, -0.25) is 19.2 Å². The van der Waals surface area contributed by atoms with Crippen molar-refractivity contribution in [3.8, 4) is 22.6 Å². The number of hydrogen-bond donors (Lipinski definition) is 0. The Kier molecular flexibility index (Phi) is 5.26. The maximum atomic E-state index is 13.5. The second-order valence-corrected chi connectivity index (χ2v) is 11.1. The zero-order chi connectivity index (χ0) is 23.3. The molecule has 2 fully saturated rings. The molecule has 0 radical (unpaired) electrons. The number of rotatable bonds is 8. The van der Waals surface area contributed by atoms with Gasteiger partial charge in [0.1, 0.15) is 5.75 Å². The second kappa shape index (κ2) is 8.32. The topological polar surface area (TPSA) is 84.7 Å². The minimum absolute atomic E-state index is 0.0772. The van der Waals surface area contributed by atoms with Crippen molar-refractivity contribution < 1.29 is 18.7 Å². The summed E-state index contributed by atoms with van der Waals surface area (Å²) in [5, 5.41) is 11.8. The minimum atomic E-state index is -3.00. The molecule has 3 aliphatic rings. The predicted molar refractivity (Wildman–Crippen MR) is 128 cm³/mol. The number of nitro groups is 1. The van der Waals surface area contributed by atoms with E-state index in [2.05, 4.69) is 0 Å². The number of ether oxygens (including phenoxy) is 1. The van der Waals surface area contributed by atoms with Gasteiger partial charge in [0.05, 0.1) is 11.0 Å². The van der Waals surface area contributed by atoms with E-state index in [9.17, 15) is 14.7 Å². The molecule has 6 rings (SSSR count). The van der Waals surface area contributed by atoms with Gasteiger partial charge in [-0.15, -0.1) is 0 Å². The molecule has 2 aliphatic heterocycles. The van der Waals surface area contributed by atoms with Crippen molar-refractivity contribution in [3.63, 3.8) is 0 Å². The second-order valence-electron chi connectivity index (χ2n) is 8.80. The van der Waals surface area contributed by atoms with E-state index >= 15 is 0 Å². The first-order valence-corrected chi connectivity index (χ1v) is 13.0. The zero-order valence-electron chi connectivity index (χ0n) is 18.5. The van der Waals surface area contributed by atoms with Gasteiger partial charge in [0.25, 0.3) is 0 Å². The summed E-state index contributed by atoms with van der Waals surface area (Å²) in [6, 6.07) is 20.7. The Balaban J connectivity index is 1.28. The van der Waals surface area contributed by atoms with E-state index in [1.807, 2.05) is 63.9 Å². The lowest BCUT2D eigenvalue weighted by atomic mass is 10.1. The van der Waals surface area contributed by atoms with Gasteiger partial charge in [0, 0.05) is 32.2 Å². The molecule has 0 spiro atoms. The summed E-state index contributed by atoms with van der Waals surface area (Å²) in [5.41, 5.74) is 3.72. The van der Waals surface area contributed by atoms with Crippen LogP contribution in [0.4, 0.5) is 5.69 Å². The Morgan fingerprint density at radius 1 is 0.912 bits per heavy atom. The molecule has 0 unspecified atom stereocenters. The van der Waals surface area contributed by atoms with Crippen LogP contribution in [0.1, 0.15) is 23.7 Å². The molecular weight excluding hydrogens is 453 g/mol. The summed E-state index contributed by atoms with van der Waals surface area (Å²) >= 11 is 0. The number of fused-ring (bicyclic) bond motifs is 1. The standard InChI is InChI=1S/C25H24N3O5P/c29-28(30)23-16-20-8-11-24(33-34(31,26-12-13-26)27-14-15-27)22(20)17-25(23)32-21-9-6-19(7-10-21)18-4-2-1-3-5-18/h1-7,9-10,16-17,24H,8,11-15H2/t24-/m1/s1. The van der Waals surface area contributed by atoms with Crippen LogP contribution in [-0.4, -0.2) is 40.4 Å². The van der Waals surface area contributed by atoms with Crippen LogP contribution in [0.25, 0.3) is 11.1 Å². The van der Waals surface area contributed by atoms with E-state index in [0.717, 1.165) is 48.4 Å². The van der Waals surface area contributed by atoms with E-state index in [1.165, 1.54) is 0 Å². The lowest BCUT2D eigenvalue weighted by molar-refractivity contribution is -0.385. The lowest BCUT2D eigenvalue weighted by Crippen LogP contribution is -2.11. The molecule has 34 heavy (non-hydrogen) atoms. The number of aryl methyl sites for hydroxylation is 1. The van der Waals surface area contributed by atoms with Crippen LogP contribution in [0.3, 0.4) is 0 Å². The molecule has 3 aromatic carbocycles. The molecule has 3 aromatic rings. The Morgan fingerprint density at radius 2 is 1.56 bits per heavy atom. The molecule has 2 saturated heterocycles. The fraction of sp³-hybridized carbons (Fsp3) is 0.280. The van der Waals surface area contributed by atoms with Gasteiger partial charge >= 0.3 is 13.4 Å². The maximum absolute atomic E-state index is 13.5. The van der Waals surface area contributed by atoms with Crippen LogP contribution in [0.2, 0.25) is 0 Å². The molecular formula is C25H24N3O5P. The van der Waals surface area contributed by atoms with Crippen LogP contribution in [0, 0.1) is 10.1 Å². The fourth-order valence-corrected chi connectivity index (χ4v) is 6.83. The van der Waals surface area contributed by atoms with Crippen LogP contribution >= 0.6 is 7.67 Å². The van der Waals surface area contributed by atoms with Crippen LogP contribution in [0.15, 0.2) is 66.7 Å². The summed E-state index contributed by atoms with van der Waals surface area (Å²) in [4.78, 5) is 11.4. The minimum Gasteiger partial charge on any atom is -0.450 e. The van der Waals surface area contributed by atoms with Gasteiger partial charge in [-0.25, -0.2) is 9.34 Å². The van der Waals surface area contributed by atoms with E-state index in [1.54, 1.807) is 12.1 Å². The Hall–Kier alpha value is -3.03. The first-order valence-electron chi connectivity index (χ1n) is 11.4. The molecule has 8 nitrogen and oxygen atoms in total. The molecule has 1 aliphatic carbocycles. The first-order chi connectivity index (χ1) is 16.5. The summed E-state index contributed by atoms with van der Waals surface area (Å²) in [6.45, 7) is 3.11. The molecule has 0 aromatic heterocycles. The first kappa shape index (κ1) is 21.5. The van der Waals surface area contributed by atoms with Crippen LogP contribution in [0.5, 0.6) is 11.5 Å². The van der Waals surface area contributed by atoms with Crippen molar-refractivity contribution in [2.75, 3.05) is 26.2 Å². The molecule has 0 N–H and O–H groups in total. The van der Waals surface area contributed by atoms with Gasteiger partial charge in [-0.1, -0.05) is 42.5 Å². The number of hydrogen-bond acceptors (Lipinski definition) is 5. The molecule has 0 amide bonds. The molecule has 174 valence electrons. The summed E-state index contributed by atoms with van der Waals surface area (Å²) in [5.74, 6) is 0.678. The van der Waals surface area contributed by atoms with Crippen molar-refractivity contribution >= 4 is 13.4 Å². The van der Waals surface area contributed by atoms with E-state index in [-0.39, 0.29) is 17.5 Å². The third-order valence-corrected chi connectivity index (χ3v) is 9.21. The van der Waals surface area contributed by atoms with E-state index in [0.29, 0.717) is 18.6 Å². The van der Waals surface area contributed by atoms with Gasteiger partial charge < -0.3 is 4.74 Å². The number of benzene rings is 3. The third-order valence-electron chi connectivity index (χ3n) is 6.46. The summed E-state index contributed by atoms with van der Waals surface area (Å²) in [7, 11) is -3.00. The SMILES string of the molecule is O=[N+]([O-])c1cc2c(cc1Oc1ccc(-c3ccccc3)cc1)[C@H](OP(=O)(N1CC1)N1CC1)CC2. The van der Waals surface area contributed by atoms with Crippen LogP contribution in [-0.2, 0) is 15.5 Å². The highest BCUT2D eigenvalue weighted by molar-refractivity contribution is 7.54. The van der Waals surface area contributed by atoms with E-state index < -0.39 is 12.6 Å². The van der Waals surface area contributed by atoms with Gasteiger partial charge in [-0.2, -0.15) is 0 Å². The molecule has 1 atom stereocenters. The molecule has 0 saturated carbocycles. The normalized spacial score (nSPS) is 19.6. The van der Waals surface area contributed by atoms with Crippen molar-refractivity contribution in [2.24, 2.45) is 0 Å². The Morgan fingerprint density at radius 3 is 2.18 bits per heavy atom. The third kappa shape index (κ3) is 4.03. The van der Waals surface area contributed by atoms with Crippen molar-refractivity contribution in [3.05, 3.63) is 88.0 Å². The van der Waals surface area contributed by atoms with Crippen molar-refractivity contribution in [1.29, 1.82) is 0 Å². The summed E-state index contributed by atoms with van der Waals surface area (Å²) < 4.78 is 29.5. The van der Waals surface area contributed by atoms with Crippen molar-refractivity contribution in [2.45, 2.75) is 18.9 Å². The highest BCUT2D eigenvalue weighted by Crippen LogP contribution is 2.64. The average Bonchev–Trinajstić information content (AvgIpc) is 3.77. The molecule has 0 bridgehead atoms. The quantitative estimate of drug-likeness (QED) is 0.176. The fourth-order valence-electron chi connectivity index (χ4n) is 4.47. The Bertz CT molecular complexity index is 1270. The van der Waals surface area contributed by atoms with Gasteiger partial charge in [0.2, 0.25) is 5.75 Å².